The molecule has 0 saturated heterocycles. The Kier molecular flexibility index (Phi) is 3.55. The number of primary amides is 1. The molecule has 0 unspecified atom stereocenters. The van der Waals surface area contributed by atoms with Gasteiger partial charge in [0.2, 0.25) is 5.91 Å². The number of carbonyl (C=O) groups is 1. The number of hydrogen-bond donors (Lipinski definition) is 1. The Morgan fingerprint density at radius 2 is 2.11 bits per heavy atom. The fraction of sp³-hybridized carbons (Fsp3) is 0.286. The monoisotopic (exact) mass is 259 g/mol. The molecule has 5 heteroatoms. The molecule has 1 aromatic heterocycles. The van der Waals surface area contributed by atoms with Gasteiger partial charge in [0.05, 0.1) is 18.4 Å². The van der Waals surface area contributed by atoms with Gasteiger partial charge in [-0.25, -0.2) is 0 Å². The number of nitrogens with two attached hydrogens (primary N) is 1. The molecule has 0 bridgehead atoms. The minimum atomic E-state index is -0.481. The van der Waals surface area contributed by atoms with Crippen LogP contribution in [0, 0.1) is 0 Å². The first kappa shape index (κ1) is 13.1. The van der Waals surface area contributed by atoms with Gasteiger partial charge in [-0.05, 0) is 38.1 Å². The molecule has 1 amide bonds. The van der Waals surface area contributed by atoms with Gasteiger partial charge >= 0.3 is 0 Å². The van der Waals surface area contributed by atoms with Crippen molar-refractivity contribution >= 4 is 5.91 Å². The third-order valence-electron chi connectivity index (χ3n) is 2.93. The lowest BCUT2D eigenvalue weighted by Crippen LogP contribution is -2.14. The SMILES string of the molecule is COc1ccc(-c2ccnn2C(C)C)c(C(N)=O)c1. The molecule has 1 aromatic carbocycles. The summed E-state index contributed by atoms with van der Waals surface area (Å²) in [5.41, 5.74) is 7.51. The van der Waals surface area contributed by atoms with Crippen LogP contribution < -0.4 is 10.5 Å². The van der Waals surface area contributed by atoms with E-state index in [1.54, 1.807) is 25.4 Å². The first-order valence-corrected chi connectivity index (χ1v) is 6.06. The lowest BCUT2D eigenvalue weighted by Gasteiger charge is -2.14. The topological polar surface area (TPSA) is 70.1 Å². The molecule has 0 aliphatic heterocycles. The Labute approximate surface area is 112 Å². The van der Waals surface area contributed by atoms with Gasteiger partial charge in [-0.15, -0.1) is 0 Å². The van der Waals surface area contributed by atoms with Crippen LogP contribution in [-0.2, 0) is 0 Å². The lowest BCUT2D eigenvalue weighted by atomic mass is 10.0. The van der Waals surface area contributed by atoms with Crippen molar-refractivity contribution in [1.82, 2.24) is 9.78 Å². The van der Waals surface area contributed by atoms with Crippen LogP contribution in [0.3, 0.4) is 0 Å². The maximum absolute atomic E-state index is 11.6. The van der Waals surface area contributed by atoms with Gasteiger partial charge in [0.1, 0.15) is 5.75 Å². The van der Waals surface area contributed by atoms with Gasteiger partial charge in [0.25, 0.3) is 0 Å². The van der Waals surface area contributed by atoms with Gasteiger partial charge in [-0.2, -0.15) is 5.10 Å². The van der Waals surface area contributed by atoms with Crippen molar-refractivity contribution in [1.29, 1.82) is 0 Å². The van der Waals surface area contributed by atoms with Crippen LogP contribution >= 0.6 is 0 Å². The van der Waals surface area contributed by atoms with Crippen molar-refractivity contribution < 1.29 is 9.53 Å². The number of methoxy groups -OCH3 is 1. The predicted molar refractivity (Wildman–Crippen MR) is 73.1 cm³/mol. The number of aromatic nitrogens is 2. The van der Waals surface area contributed by atoms with E-state index < -0.39 is 5.91 Å². The van der Waals surface area contributed by atoms with Crippen molar-refractivity contribution in [3.05, 3.63) is 36.0 Å². The Bertz CT molecular complexity index is 602. The van der Waals surface area contributed by atoms with Crippen LogP contribution in [0.5, 0.6) is 5.75 Å². The molecule has 2 N–H and O–H groups in total. The number of amides is 1. The minimum Gasteiger partial charge on any atom is -0.497 e. The molecule has 0 aliphatic carbocycles. The van der Waals surface area contributed by atoms with E-state index in [1.165, 1.54) is 0 Å². The van der Waals surface area contributed by atoms with Crippen LogP contribution in [0.2, 0.25) is 0 Å². The van der Waals surface area contributed by atoms with E-state index in [4.69, 9.17) is 10.5 Å². The van der Waals surface area contributed by atoms with Gasteiger partial charge < -0.3 is 10.5 Å². The van der Waals surface area contributed by atoms with Crippen molar-refractivity contribution in [3.63, 3.8) is 0 Å². The Morgan fingerprint density at radius 3 is 2.68 bits per heavy atom. The number of rotatable bonds is 4. The Balaban J connectivity index is 2.61. The summed E-state index contributed by atoms with van der Waals surface area (Å²) in [6.07, 6.45) is 1.71. The molecule has 19 heavy (non-hydrogen) atoms. The number of ether oxygens (including phenoxy) is 1. The van der Waals surface area contributed by atoms with E-state index in [2.05, 4.69) is 5.10 Å². The molecule has 0 aliphatic rings. The first-order valence-electron chi connectivity index (χ1n) is 6.06. The van der Waals surface area contributed by atoms with Crippen LogP contribution in [0.25, 0.3) is 11.3 Å². The second-order valence-corrected chi connectivity index (χ2v) is 4.53. The molecule has 5 nitrogen and oxygen atoms in total. The molecule has 0 radical (unpaired) electrons. The molecule has 2 aromatic rings. The maximum atomic E-state index is 11.6. The number of benzene rings is 1. The van der Waals surface area contributed by atoms with Crippen LogP contribution in [0.1, 0.15) is 30.2 Å². The second-order valence-electron chi connectivity index (χ2n) is 4.53. The molecular weight excluding hydrogens is 242 g/mol. The minimum absolute atomic E-state index is 0.202. The molecular formula is C14H17N3O2. The van der Waals surface area contributed by atoms with Gasteiger partial charge in [-0.3, -0.25) is 9.48 Å². The molecule has 2 rings (SSSR count). The highest BCUT2D eigenvalue weighted by Crippen LogP contribution is 2.28. The van der Waals surface area contributed by atoms with Gasteiger partial charge in [-0.1, -0.05) is 0 Å². The van der Waals surface area contributed by atoms with E-state index >= 15 is 0 Å². The highest BCUT2D eigenvalue weighted by molar-refractivity contribution is 5.99. The third-order valence-corrected chi connectivity index (χ3v) is 2.93. The number of hydrogen-bond acceptors (Lipinski definition) is 3. The van der Waals surface area contributed by atoms with Crippen LogP contribution in [0.15, 0.2) is 30.5 Å². The summed E-state index contributed by atoms with van der Waals surface area (Å²) < 4.78 is 6.98. The largest absolute Gasteiger partial charge is 0.497 e. The van der Waals surface area contributed by atoms with E-state index in [9.17, 15) is 4.79 Å². The zero-order valence-electron chi connectivity index (χ0n) is 11.3. The van der Waals surface area contributed by atoms with Crippen molar-refractivity contribution in [2.75, 3.05) is 7.11 Å². The van der Waals surface area contributed by atoms with E-state index in [0.717, 1.165) is 11.3 Å². The van der Waals surface area contributed by atoms with Crippen molar-refractivity contribution in [3.8, 4) is 17.0 Å². The standard InChI is InChI=1S/C14H17N3O2/c1-9(2)17-13(6-7-16-17)11-5-4-10(19-3)8-12(11)14(15)18/h4-9H,1-3H3,(H2,15,18). The van der Waals surface area contributed by atoms with E-state index in [0.29, 0.717) is 11.3 Å². The van der Waals surface area contributed by atoms with Gasteiger partial charge in [0.15, 0.2) is 0 Å². The zero-order chi connectivity index (χ0) is 14.0. The molecule has 0 spiro atoms. The maximum Gasteiger partial charge on any atom is 0.249 e. The fourth-order valence-corrected chi connectivity index (χ4v) is 2.02. The Hall–Kier alpha value is -2.30. The summed E-state index contributed by atoms with van der Waals surface area (Å²) >= 11 is 0. The number of nitrogens with zero attached hydrogens (tertiary/aromatic N) is 2. The quantitative estimate of drug-likeness (QED) is 0.915. The predicted octanol–water partition coefficient (Wildman–Crippen LogP) is 2.24. The van der Waals surface area contributed by atoms with Crippen LogP contribution in [-0.4, -0.2) is 22.8 Å². The zero-order valence-corrected chi connectivity index (χ0v) is 11.3. The summed E-state index contributed by atoms with van der Waals surface area (Å²) in [6.45, 7) is 4.06. The average Bonchev–Trinajstić information content (AvgIpc) is 2.87. The summed E-state index contributed by atoms with van der Waals surface area (Å²) in [5.74, 6) is 0.124. The molecule has 100 valence electrons. The number of carbonyl (C=O) groups excluding carboxylic acids is 1. The third kappa shape index (κ3) is 2.45. The van der Waals surface area contributed by atoms with Crippen molar-refractivity contribution in [2.24, 2.45) is 5.73 Å². The fourth-order valence-electron chi connectivity index (χ4n) is 2.02. The van der Waals surface area contributed by atoms with Gasteiger partial charge in [0, 0.05) is 17.8 Å². The summed E-state index contributed by atoms with van der Waals surface area (Å²) in [4.78, 5) is 11.6. The smallest absolute Gasteiger partial charge is 0.249 e. The van der Waals surface area contributed by atoms with E-state index in [-0.39, 0.29) is 6.04 Å². The molecule has 0 atom stereocenters. The highest BCUT2D eigenvalue weighted by Gasteiger charge is 2.16. The molecule has 0 fully saturated rings. The summed E-state index contributed by atoms with van der Waals surface area (Å²) in [5, 5.41) is 4.27. The second kappa shape index (κ2) is 5.14. The Morgan fingerprint density at radius 1 is 1.37 bits per heavy atom. The average molecular weight is 259 g/mol. The highest BCUT2D eigenvalue weighted by atomic mass is 16.5. The first-order chi connectivity index (χ1) is 9.04. The molecule has 1 heterocycles. The normalized spacial score (nSPS) is 10.7. The van der Waals surface area contributed by atoms with Crippen LogP contribution in [0.4, 0.5) is 0 Å². The summed E-state index contributed by atoms with van der Waals surface area (Å²) in [6, 6.07) is 7.35. The summed E-state index contributed by atoms with van der Waals surface area (Å²) in [7, 11) is 1.55. The molecule has 0 saturated carbocycles. The lowest BCUT2D eigenvalue weighted by molar-refractivity contribution is 0.100. The van der Waals surface area contributed by atoms with Crippen molar-refractivity contribution in [2.45, 2.75) is 19.9 Å². The van der Waals surface area contributed by atoms with E-state index in [1.807, 2.05) is 30.7 Å².